The summed E-state index contributed by atoms with van der Waals surface area (Å²) in [7, 11) is 0. The molecule has 0 spiro atoms. The minimum atomic E-state index is -0.0125. The van der Waals surface area contributed by atoms with E-state index in [1.807, 2.05) is 6.92 Å². The molecule has 0 amide bonds. The molecule has 3 unspecified atom stereocenters. The van der Waals surface area contributed by atoms with Crippen molar-refractivity contribution in [3.05, 3.63) is 70.3 Å². The smallest absolute Gasteiger partial charge is 0.0701 e. The summed E-state index contributed by atoms with van der Waals surface area (Å²) in [6.07, 6.45) is 1.20. The van der Waals surface area contributed by atoms with Crippen LogP contribution in [-0.4, -0.2) is 0 Å². The molecule has 2 bridgehead atoms. The van der Waals surface area contributed by atoms with Crippen molar-refractivity contribution in [2.75, 3.05) is 0 Å². The van der Waals surface area contributed by atoms with Gasteiger partial charge in [0, 0.05) is 11.8 Å². The molecular formula is C18H15N. The van der Waals surface area contributed by atoms with Gasteiger partial charge in [0.1, 0.15) is 0 Å². The van der Waals surface area contributed by atoms with Crippen molar-refractivity contribution in [3.63, 3.8) is 0 Å². The van der Waals surface area contributed by atoms with Gasteiger partial charge in [0.05, 0.1) is 12.0 Å². The zero-order chi connectivity index (χ0) is 13.0. The van der Waals surface area contributed by atoms with Crippen LogP contribution in [0.3, 0.4) is 0 Å². The molecule has 19 heavy (non-hydrogen) atoms. The highest BCUT2D eigenvalue weighted by atomic mass is 14.5. The van der Waals surface area contributed by atoms with Crippen molar-refractivity contribution < 1.29 is 0 Å². The lowest BCUT2D eigenvalue weighted by atomic mass is 9.81. The van der Waals surface area contributed by atoms with E-state index in [9.17, 15) is 5.26 Å². The van der Waals surface area contributed by atoms with Crippen LogP contribution >= 0.6 is 0 Å². The lowest BCUT2D eigenvalue weighted by molar-refractivity contribution is 0.789. The first kappa shape index (κ1) is 10.8. The van der Waals surface area contributed by atoms with Gasteiger partial charge in [-0.25, -0.2) is 0 Å². The van der Waals surface area contributed by atoms with Gasteiger partial charge in [-0.3, -0.25) is 0 Å². The molecule has 4 rings (SSSR count). The summed E-state index contributed by atoms with van der Waals surface area (Å²) in [5.74, 6) is 1.06. The first-order valence-electron chi connectivity index (χ1n) is 6.92. The molecule has 2 aromatic carbocycles. The molecule has 0 saturated carbocycles. The van der Waals surface area contributed by atoms with Gasteiger partial charge in [-0.1, -0.05) is 42.5 Å². The fraction of sp³-hybridized carbons (Fsp3) is 0.278. The van der Waals surface area contributed by atoms with Gasteiger partial charge in [0.25, 0.3) is 0 Å². The topological polar surface area (TPSA) is 23.8 Å². The molecule has 0 saturated heterocycles. The molecule has 0 heterocycles. The van der Waals surface area contributed by atoms with Crippen molar-refractivity contribution in [2.45, 2.75) is 31.1 Å². The second kappa shape index (κ2) is 3.71. The van der Waals surface area contributed by atoms with Crippen molar-refractivity contribution in [1.82, 2.24) is 0 Å². The molecular weight excluding hydrogens is 230 g/mol. The third kappa shape index (κ3) is 1.29. The van der Waals surface area contributed by atoms with E-state index in [4.69, 9.17) is 0 Å². The Morgan fingerprint density at radius 3 is 2.42 bits per heavy atom. The average molecular weight is 245 g/mol. The third-order valence-corrected chi connectivity index (χ3v) is 4.78. The summed E-state index contributed by atoms with van der Waals surface area (Å²) in [5.41, 5.74) is 7.13. The summed E-state index contributed by atoms with van der Waals surface area (Å²) < 4.78 is 0. The maximum Gasteiger partial charge on any atom is 0.0701 e. The van der Waals surface area contributed by atoms with Gasteiger partial charge in [0.2, 0.25) is 0 Å². The normalized spacial score (nSPS) is 23.6. The molecule has 2 aliphatic carbocycles. The standard InChI is InChI=1S/C18H15N/c1-11(10-19)12-7-4-8-15-16-9-17(18(12)15)14-6-3-2-5-13(14)16/h2-8,11,16-17H,9H2,1H3. The van der Waals surface area contributed by atoms with E-state index >= 15 is 0 Å². The monoisotopic (exact) mass is 245 g/mol. The molecule has 0 aromatic heterocycles. The van der Waals surface area contributed by atoms with Crippen molar-refractivity contribution in [3.8, 4) is 6.07 Å². The third-order valence-electron chi connectivity index (χ3n) is 4.78. The maximum atomic E-state index is 9.23. The number of nitrogens with zero attached hydrogens (tertiary/aromatic N) is 1. The van der Waals surface area contributed by atoms with E-state index in [-0.39, 0.29) is 5.92 Å². The van der Waals surface area contributed by atoms with Crippen LogP contribution in [0.1, 0.15) is 58.9 Å². The molecule has 0 N–H and O–H groups in total. The molecule has 0 aliphatic heterocycles. The van der Waals surface area contributed by atoms with Crippen LogP contribution in [0.2, 0.25) is 0 Å². The largest absolute Gasteiger partial charge is 0.198 e. The van der Waals surface area contributed by atoms with Gasteiger partial charge < -0.3 is 0 Å². The van der Waals surface area contributed by atoms with Crippen molar-refractivity contribution >= 4 is 0 Å². The first-order valence-corrected chi connectivity index (χ1v) is 6.92. The zero-order valence-electron chi connectivity index (χ0n) is 10.9. The van der Waals surface area contributed by atoms with Crippen LogP contribution in [0.5, 0.6) is 0 Å². The quantitative estimate of drug-likeness (QED) is 0.735. The minimum absolute atomic E-state index is 0.0125. The Morgan fingerprint density at radius 2 is 1.68 bits per heavy atom. The lowest BCUT2D eigenvalue weighted by Gasteiger charge is -2.22. The molecule has 0 radical (unpaired) electrons. The molecule has 2 aliphatic rings. The number of benzene rings is 2. The Morgan fingerprint density at radius 1 is 1.00 bits per heavy atom. The summed E-state index contributed by atoms with van der Waals surface area (Å²) in [6.45, 7) is 2.01. The molecule has 2 aromatic rings. The number of nitriles is 1. The van der Waals surface area contributed by atoms with Gasteiger partial charge >= 0.3 is 0 Å². The van der Waals surface area contributed by atoms with E-state index in [0.717, 1.165) is 0 Å². The van der Waals surface area contributed by atoms with Crippen LogP contribution in [0.25, 0.3) is 0 Å². The maximum absolute atomic E-state index is 9.23. The summed E-state index contributed by atoms with van der Waals surface area (Å²) in [5, 5.41) is 9.23. The Bertz CT molecular complexity index is 708. The van der Waals surface area contributed by atoms with Crippen LogP contribution in [0.15, 0.2) is 42.5 Å². The highest BCUT2D eigenvalue weighted by Gasteiger charge is 2.42. The molecule has 1 nitrogen and oxygen atoms in total. The first-order chi connectivity index (χ1) is 9.31. The Kier molecular flexibility index (Phi) is 2.11. The van der Waals surface area contributed by atoms with Gasteiger partial charge in [-0.15, -0.1) is 0 Å². The predicted octanol–water partition coefficient (Wildman–Crippen LogP) is 4.29. The average Bonchev–Trinajstić information content (AvgIpc) is 3.03. The van der Waals surface area contributed by atoms with Gasteiger partial charge in [0.15, 0.2) is 0 Å². The highest BCUT2D eigenvalue weighted by Crippen LogP contribution is 2.57. The fourth-order valence-electron chi connectivity index (χ4n) is 3.96. The number of rotatable bonds is 1. The van der Waals surface area contributed by atoms with Crippen LogP contribution in [0.4, 0.5) is 0 Å². The van der Waals surface area contributed by atoms with E-state index in [1.54, 1.807) is 0 Å². The van der Waals surface area contributed by atoms with Crippen molar-refractivity contribution in [1.29, 1.82) is 5.26 Å². The van der Waals surface area contributed by atoms with Crippen LogP contribution in [0, 0.1) is 11.3 Å². The second-order valence-electron chi connectivity index (χ2n) is 5.67. The zero-order valence-corrected chi connectivity index (χ0v) is 10.9. The SMILES string of the molecule is CC(C#N)c1cccc2c1C1CC2c2ccccc21. The molecule has 1 heteroatoms. The molecule has 0 fully saturated rings. The van der Waals surface area contributed by atoms with E-state index < -0.39 is 0 Å². The lowest BCUT2D eigenvalue weighted by Crippen LogP contribution is -2.07. The predicted molar refractivity (Wildman–Crippen MR) is 75.2 cm³/mol. The fourth-order valence-corrected chi connectivity index (χ4v) is 3.96. The summed E-state index contributed by atoms with van der Waals surface area (Å²) >= 11 is 0. The van der Waals surface area contributed by atoms with Crippen LogP contribution in [-0.2, 0) is 0 Å². The molecule has 3 atom stereocenters. The van der Waals surface area contributed by atoms with E-state index in [2.05, 4.69) is 48.5 Å². The Balaban J connectivity index is 1.95. The summed E-state index contributed by atoms with van der Waals surface area (Å²) in [4.78, 5) is 0. The number of hydrogen-bond acceptors (Lipinski definition) is 1. The van der Waals surface area contributed by atoms with E-state index in [1.165, 1.54) is 34.2 Å². The Labute approximate surface area is 113 Å². The van der Waals surface area contributed by atoms with Crippen molar-refractivity contribution in [2.24, 2.45) is 0 Å². The van der Waals surface area contributed by atoms with Crippen LogP contribution < -0.4 is 0 Å². The molecule has 92 valence electrons. The highest BCUT2D eigenvalue weighted by molar-refractivity contribution is 5.61. The summed E-state index contributed by atoms with van der Waals surface area (Å²) in [6, 6.07) is 17.7. The van der Waals surface area contributed by atoms with Gasteiger partial charge in [-0.05, 0) is 41.2 Å². The Hall–Kier alpha value is -2.07. The number of fused-ring (bicyclic) bond motifs is 8. The minimum Gasteiger partial charge on any atom is -0.198 e. The van der Waals surface area contributed by atoms with Gasteiger partial charge in [-0.2, -0.15) is 5.26 Å². The second-order valence-corrected chi connectivity index (χ2v) is 5.67. The van der Waals surface area contributed by atoms with E-state index in [0.29, 0.717) is 11.8 Å². The number of hydrogen-bond donors (Lipinski definition) is 0.